The van der Waals surface area contributed by atoms with Crippen LogP contribution >= 0.6 is 0 Å². The van der Waals surface area contributed by atoms with Crippen molar-refractivity contribution in [1.29, 1.82) is 0 Å². The molecule has 21 heavy (non-hydrogen) atoms. The van der Waals surface area contributed by atoms with E-state index in [1.807, 2.05) is 0 Å². The maximum atomic E-state index is 12.0. The molecule has 1 fully saturated rings. The molecule has 0 radical (unpaired) electrons. The van der Waals surface area contributed by atoms with Crippen molar-refractivity contribution in [2.45, 2.75) is 48.8 Å². The summed E-state index contributed by atoms with van der Waals surface area (Å²) in [6, 6.07) is 0. The Kier molecular flexibility index (Phi) is 5.98. The normalized spacial score (nSPS) is 40.0. The van der Waals surface area contributed by atoms with E-state index in [2.05, 4.69) is 4.74 Å². The van der Waals surface area contributed by atoms with Crippen LogP contribution in [0.3, 0.4) is 0 Å². The maximum absolute atomic E-state index is 12.0. The van der Waals surface area contributed by atoms with Gasteiger partial charge in [0.15, 0.2) is 5.78 Å². The van der Waals surface area contributed by atoms with E-state index >= 15 is 0 Å². The molecular weight excluding hydrogens is 292 g/mol. The highest BCUT2D eigenvalue weighted by Crippen LogP contribution is 2.19. The summed E-state index contributed by atoms with van der Waals surface area (Å²) in [5.74, 6) is -1.59. The monoisotopic (exact) mass is 313 g/mol. The molecule has 1 aliphatic rings. The van der Waals surface area contributed by atoms with Gasteiger partial charge in [-0.3, -0.25) is 4.79 Å². The largest absolute Gasteiger partial charge is 0.394 e. The summed E-state index contributed by atoms with van der Waals surface area (Å²) >= 11 is 0. The zero-order chi connectivity index (χ0) is 17.2. The zero-order valence-corrected chi connectivity index (χ0v) is 10.8. The Morgan fingerprint density at radius 3 is 2.24 bits per heavy atom. The Morgan fingerprint density at radius 1 is 1.14 bits per heavy atom. The van der Waals surface area contributed by atoms with Crippen LogP contribution in [0.4, 0.5) is 0 Å². The van der Waals surface area contributed by atoms with Crippen LogP contribution < -0.4 is 0 Å². The summed E-state index contributed by atoms with van der Waals surface area (Å²) in [6.07, 6.45) is -17.2. The fourth-order valence-electron chi connectivity index (χ4n) is 1.76. The summed E-state index contributed by atoms with van der Waals surface area (Å²) in [7, 11) is 0. The second-order valence-electron chi connectivity index (χ2n) is 4.72. The van der Waals surface area contributed by atoms with Crippen LogP contribution in [0.1, 0.15) is 1.37 Å². The Labute approximate surface area is 120 Å². The molecule has 124 valence electrons. The van der Waals surface area contributed by atoms with Crippen LogP contribution in [0.2, 0.25) is 0 Å². The van der Waals surface area contributed by atoms with Gasteiger partial charge in [0, 0.05) is 0 Å². The summed E-state index contributed by atoms with van der Waals surface area (Å²) in [5, 5.41) is 74.9. The van der Waals surface area contributed by atoms with E-state index in [9.17, 15) is 35.4 Å². The van der Waals surface area contributed by atoms with Crippen LogP contribution in [0.5, 0.6) is 0 Å². The molecule has 0 aromatic rings. The molecule has 10 nitrogen and oxygen atoms in total. The van der Waals surface area contributed by atoms with Gasteiger partial charge in [0.1, 0.15) is 48.8 Å². The van der Waals surface area contributed by atoms with Crippen LogP contribution in [0.25, 0.3) is 0 Å². The minimum Gasteiger partial charge on any atom is -0.394 e. The average Bonchev–Trinajstić information content (AvgIpc) is 2.52. The molecule has 0 spiro atoms. The third-order valence-corrected chi connectivity index (χ3v) is 3.16. The van der Waals surface area contributed by atoms with Crippen LogP contribution in [-0.2, 0) is 9.53 Å². The van der Waals surface area contributed by atoms with Gasteiger partial charge >= 0.3 is 0 Å². The molecule has 0 aromatic carbocycles. The smallest absolute Gasteiger partial charge is 0.195 e. The van der Waals surface area contributed by atoms with Gasteiger partial charge < -0.3 is 45.6 Å². The molecule has 0 aliphatic carbocycles. The second kappa shape index (κ2) is 7.54. The molecule has 0 saturated carbocycles. The Balaban J connectivity index is 2.89. The van der Waals surface area contributed by atoms with E-state index in [-0.39, 0.29) is 0 Å². The molecule has 0 amide bonds. The quantitative estimate of drug-likeness (QED) is 0.235. The van der Waals surface area contributed by atoms with Crippen LogP contribution in [0, 0.1) is 0 Å². The lowest BCUT2D eigenvalue weighted by Crippen LogP contribution is -2.59. The van der Waals surface area contributed by atoms with Crippen molar-refractivity contribution < 1.29 is 51.8 Å². The fourth-order valence-corrected chi connectivity index (χ4v) is 1.76. The highest BCUT2D eigenvalue weighted by Gasteiger charge is 2.45. The van der Waals surface area contributed by atoms with Crippen LogP contribution in [-0.4, -0.2) is 109 Å². The van der Waals surface area contributed by atoms with Crippen molar-refractivity contribution in [3.05, 3.63) is 0 Å². The predicted molar refractivity (Wildman–Crippen MR) is 63.9 cm³/mol. The highest BCUT2D eigenvalue weighted by molar-refractivity contribution is 5.88. The Bertz CT molecular complexity index is 395. The molecule has 8 atom stereocenters. The van der Waals surface area contributed by atoms with E-state index in [0.29, 0.717) is 0 Å². The standard InChI is InChI=1S/C11H20O10/c12-1-3(13)5(15)7(17)8(18)10(20)11-9(19)6(16)4(14)2-21-11/h3-9,11-19H,1-2H2/t3-,4-,5-,6+,7+,8-,9-,11?/m1/s1/i11D. The number of ketones is 1. The summed E-state index contributed by atoms with van der Waals surface area (Å²) in [4.78, 5) is 12.0. The second-order valence-corrected chi connectivity index (χ2v) is 4.72. The first-order valence-corrected chi connectivity index (χ1v) is 6.13. The van der Waals surface area contributed by atoms with Gasteiger partial charge in [0.25, 0.3) is 0 Å². The summed E-state index contributed by atoms with van der Waals surface area (Å²) < 4.78 is 12.4. The zero-order valence-electron chi connectivity index (χ0n) is 11.8. The predicted octanol–water partition coefficient (Wildman–Crippen LogP) is -5.53. The van der Waals surface area contributed by atoms with Crippen molar-refractivity contribution in [1.82, 2.24) is 0 Å². The van der Waals surface area contributed by atoms with E-state index in [1.54, 1.807) is 0 Å². The lowest BCUT2D eigenvalue weighted by atomic mass is 9.91. The first-order chi connectivity index (χ1) is 10.1. The third kappa shape index (κ3) is 3.94. The van der Waals surface area contributed by atoms with Gasteiger partial charge in [-0.25, -0.2) is 0 Å². The lowest BCUT2D eigenvalue weighted by Gasteiger charge is -2.36. The van der Waals surface area contributed by atoms with Crippen molar-refractivity contribution in [3.8, 4) is 0 Å². The van der Waals surface area contributed by atoms with Crippen LogP contribution in [0.15, 0.2) is 0 Å². The maximum Gasteiger partial charge on any atom is 0.195 e. The van der Waals surface area contributed by atoms with Crippen molar-refractivity contribution >= 4 is 5.78 Å². The molecule has 10 heteroatoms. The molecule has 8 N–H and O–H groups in total. The first-order valence-electron chi connectivity index (χ1n) is 6.63. The number of aliphatic hydroxyl groups is 8. The molecule has 1 rings (SSSR count). The number of carbonyl (C=O) groups excluding carboxylic acids is 1. The molecule has 1 heterocycles. The topological polar surface area (TPSA) is 188 Å². The van der Waals surface area contributed by atoms with Gasteiger partial charge in [0.05, 0.1) is 14.6 Å². The first kappa shape index (κ1) is 16.7. The number of ether oxygens (including phenoxy) is 1. The molecule has 1 unspecified atom stereocenters. The summed E-state index contributed by atoms with van der Waals surface area (Å²) in [6.45, 7) is -1.65. The van der Waals surface area contributed by atoms with Gasteiger partial charge in [0.2, 0.25) is 0 Å². The van der Waals surface area contributed by atoms with E-state index in [1.165, 1.54) is 0 Å². The Morgan fingerprint density at radius 2 is 1.71 bits per heavy atom. The minimum absolute atomic E-state index is 0.682. The molecule has 1 aliphatic heterocycles. The molecule has 0 bridgehead atoms. The van der Waals surface area contributed by atoms with Crippen molar-refractivity contribution in [3.63, 3.8) is 0 Å². The van der Waals surface area contributed by atoms with Crippen molar-refractivity contribution in [2.75, 3.05) is 13.2 Å². The number of hydrogen-bond acceptors (Lipinski definition) is 10. The van der Waals surface area contributed by atoms with E-state index in [4.69, 9.17) is 11.6 Å². The Hall–Kier alpha value is -0.690. The van der Waals surface area contributed by atoms with Gasteiger partial charge in [-0.1, -0.05) is 0 Å². The van der Waals surface area contributed by atoms with Crippen molar-refractivity contribution in [2.24, 2.45) is 0 Å². The number of hydrogen-bond donors (Lipinski definition) is 8. The highest BCUT2D eigenvalue weighted by atomic mass is 16.5. The minimum atomic E-state index is -2.89. The van der Waals surface area contributed by atoms with Gasteiger partial charge in [-0.05, 0) is 0 Å². The molecule has 1 saturated heterocycles. The number of Topliss-reactive ketones (excluding diaryl/α,β-unsaturated/α-hetero) is 1. The fraction of sp³-hybridized carbons (Fsp3) is 0.909. The lowest BCUT2D eigenvalue weighted by molar-refractivity contribution is -0.200. The molecule has 0 aromatic heterocycles. The third-order valence-electron chi connectivity index (χ3n) is 3.16. The number of carbonyl (C=O) groups is 1. The number of rotatable bonds is 6. The van der Waals surface area contributed by atoms with Gasteiger partial charge in [-0.15, -0.1) is 0 Å². The van der Waals surface area contributed by atoms with E-state index in [0.717, 1.165) is 0 Å². The average molecular weight is 313 g/mol. The number of aliphatic hydroxyl groups excluding tert-OH is 8. The van der Waals surface area contributed by atoms with Gasteiger partial charge in [-0.2, -0.15) is 0 Å². The van der Waals surface area contributed by atoms with E-state index < -0.39 is 67.8 Å². The molecular formula is C11H20O10. The SMILES string of the molecule is [2H]C1(C(=O)[C@H](O)[C@@H](O)[C@H](O)[C@H](O)CO)OC[C@@H](O)[C@H](O)[C@H]1O. The summed E-state index contributed by atoms with van der Waals surface area (Å²) in [5.41, 5.74) is 0.